The summed E-state index contributed by atoms with van der Waals surface area (Å²) in [5.41, 5.74) is 9.28. The molecule has 0 saturated heterocycles. The molecule has 0 bridgehead atoms. The van der Waals surface area contributed by atoms with Crippen molar-refractivity contribution in [3.8, 4) is 11.1 Å². The van der Waals surface area contributed by atoms with E-state index < -0.39 is 0 Å². The standard InChI is InChI=1S/C18H16/c1-4-14-12(3)10-17-16-9-7-6-8-13(16)11-18(17)15(14)5-2/h4-10H,1-2,11H2,3H3. The van der Waals surface area contributed by atoms with E-state index in [-0.39, 0.29) is 0 Å². The maximum atomic E-state index is 3.97. The van der Waals surface area contributed by atoms with Gasteiger partial charge < -0.3 is 0 Å². The van der Waals surface area contributed by atoms with Crippen LogP contribution in [-0.2, 0) is 6.42 Å². The lowest BCUT2D eigenvalue weighted by molar-refractivity contribution is 1.24. The van der Waals surface area contributed by atoms with Gasteiger partial charge in [0.25, 0.3) is 0 Å². The Morgan fingerprint density at radius 3 is 2.44 bits per heavy atom. The lowest BCUT2D eigenvalue weighted by Crippen LogP contribution is -1.94. The minimum absolute atomic E-state index is 1.01. The molecular weight excluding hydrogens is 216 g/mol. The summed E-state index contributed by atoms with van der Waals surface area (Å²) >= 11 is 0. The molecule has 0 spiro atoms. The van der Waals surface area contributed by atoms with Gasteiger partial charge in [-0.25, -0.2) is 0 Å². The normalized spacial score (nSPS) is 11.8. The lowest BCUT2D eigenvalue weighted by atomic mass is 9.92. The fourth-order valence-corrected chi connectivity index (χ4v) is 2.96. The van der Waals surface area contributed by atoms with Crippen molar-refractivity contribution in [1.29, 1.82) is 0 Å². The summed E-state index contributed by atoms with van der Waals surface area (Å²) in [7, 11) is 0. The van der Waals surface area contributed by atoms with Crippen LogP contribution in [0.3, 0.4) is 0 Å². The summed E-state index contributed by atoms with van der Waals surface area (Å²) in [5.74, 6) is 0. The molecule has 0 atom stereocenters. The Kier molecular flexibility index (Phi) is 2.45. The van der Waals surface area contributed by atoms with E-state index in [2.05, 4.69) is 50.4 Å². The number of benzene rings is 2. The third-order valence-corrected chi connectivity index (χ3v) is 3.81. The maximum Gasteiger partial charge on any atom is -0.000729 e. The van der Waals surface area contributed by atoms with Crippen LogP contribution in [0.5, 0.6) is 0 Å². The van der Waals surface area contributed by atoms with Gasteiger partial charge in [0.2, 0.25) is 0 Å². The second-order valence-electron chi connectivity index (χ2n) is 4.79. The van der Waals surface area contributed by atoms with Crippen molar-refractivity contribution in [2.45, 2.75) is 13.3 Å². The van der Waals surface area contributed by atoms with E-state index in [1.165, 1.54) is 38.9 Å². The predicted molar refractivity (Wildman–Crippen MR) is 79.6 cm³/mol. The molecular formula is C18H16. The molecule has 0 radical (unpaired) electrons. The molecule has 0 heteroatoms. The van der Waals surface area contributed by atoms with Gasteiger partial charge in [0.1, 0.15) is 0 Å². The summed E-state index contributed by atoms with van der Waals surface area (Å²) in [5, 5.41) is 0. The molecule has 88 valence electrons. The van der Waals surface area contributed by atoms with Gasteiger partial charge in [-0.05, 0) is 52.3 Å². The Hall–Kier alpha value is -2.08. The van der Waals surface area contributed by atoms with Crippen LogP contribution >= 0.6 is 0 Å². The molecule has 0 aromatic heterocycles. The summed E-state index contributed by atoms with van der Waals surface area (Å²) in [6, 6.07) is 10.9. The van der Waals surface area contributed by atoms with Crippen LogP contribution in [0.25, 0.3) is 23.3 Å². The van der Waals surface area contributed by atoms with Crippen LogP contribution in [0.2, 0.25) is 0 Å². The SMILES string of the molecule is C=Cc1c(C)cc2c(c1C=C)Cc1ccccc1-2. The topological polar surface area (TPSA) is 0 Å². The predicted octanol–water partition coefficient (Wildman–Crippen LogP) is 4.85. The van der Waals surface area contributed by atoms with Gasteiger partial charge >= 0.3 is 0 Å². The van der Waals surface area contributed by atoms with Crippen LogP contribution in [0.1, 0.15) is 27.8 Å². The van der Waals surface area contributed by atoms with Crippen molar-refractivity contribution >= 4 is 12.2 Å². The molecule has 2 aromatic rings. The Morgan fingerprint density at radius 1 is 1.00 bits per heavy atom. The number of aryl methyl sites for hydroxylation is 1. The molecule has 0 aliphatic heterocycles. The largest absolute Gasteiger partial charge is 0.0984 e. The van der Waals surface area contributed by atoms with Crippen molar-refractivity contribution in [3.63, 3.8) is 0 Å². The van der Waals surface area contributed by atoms with Crippen LogP contribution in [0.4, 0.5) is 0 Å². The molecule has 1 aliphatic rings. The Bertz CT molecular complexity index is 660. The lowest BCUT2D eigenvalue weighted by Gasteiger charge is -2.12. The van der Waals surface area contributed by atoms with E-state index in [9.17, 15) is 0 Å². The molecule has 18 heavy (non-hydrogen) atoms. The Balaban J connectivity index is 2.36. The first-order chi connectivity index (χ1) is 8.76. The first-order valence-electron chi connectivity index (χ1n) is 6.26. The van der Waals surface area contributed by atoms with Crippen molar-refractivity contribution in [1.82, 2.24) is 0 Å². The highest BCUT2D eigenvalue weighted by Gasteiger charge is 2.22. The molecule has 0 unspecified atom stereocenters. The van der Waals surface area contributed by atoms with Crippen LogP contribution in [-0.4, -0.2) is 0 Å². The van der Waals surface area contributed by atoms with Crippen LogP contribution in [0, 0.1) is 6.92 Å². The van der Waals surface area contributed by atoms with E-state index in [4.69, 9.17) is 0 Å². The van der Waals surface area contributed by atoms with Gasteiger partial charge in [-0.2, -0.15) is 0 Å². The van der Waals surface area contributed by atoms with Crippen molar-refractivity contribution in [2.75, 3.05) is 0 Å². The molecule has 0 heterocycles. The molecule has 0 amide bonds. The van der Waals surface area contributed by atoms with E-state index >= 15 is 0 Å². The van der Waals surface area contributed by atoms with Crippen LogP contribution in [0.15, 0.2) is 43.5 Å². The fourth-order valence-electron chi connectivity index (χ4n) is 2.96. The fraction of sp³-hybridized carbons (Fsp3) is 0.111. The second kappa shape index (κ2) is 3.99. The molecule has 0 N–H and O–H groups in total. The van der Waals surface area contributed by atoms with Gasteiger partial charge in [-0.1, -0.05) is 55.6 Å². The monoisotopic (exact) mass is 232 g/mol. The molecule has 0 saturated carbocycles. The zero-order valence-corrected chi connectivity index (χ0v) is 10.7. The second-order valence-corrected chi connectivity index (χ2v) is 4.79. The van der Waals surface area contributed by atoms with Gasteiger partial charge in [-0.3, -0.25) is 0 Å². The average molecular weight is 232 g/mol. The quantitative estimate of drug-likeness (QED) is 0.592. The van der Waals surface area contributed by atoms with Gasteiger partial charge in [0, 0.05) is 0 Å². The van der Waals surface area contributed by atoms with Crippen molar-refractivity contribution < 1.29 is 0 Å². The number of fused-ring (bicyclic) bond motifs is 3. The average Bonchev–Trinajstić information content (AvgIpc) is 2.75. The Morgan fingerprint density at radius 2 is 1.72 bits per heavy atom. The summed E-state index contributed by atoms with van der Waals surface area (Å²) < 4.78 is 0. The third-order valence-electron chi connectivity index (χ3n) is 3.81. The number of hydrogen-bond acceptors (Lipinski definition) is 0. The molecule has 3 rings (SSSR count). The molecule has 1 aliphatic carbocycles. The third kappa shape index (κ3) is 1.39. The van der Waals surface area contributed by atoms with Crippen LogP contribution < -0.4 is 0 Å². The summed E-state index contributed by atoms with van der Waals surface area (Å²) in [4.78, 5) is 0. The first kappa shape index (κ1) is 11.0. The minimum atomic E-state index is 1.01. The van der Waals surface area contributed by atoms with E-state index in [0.29, 0.717) is 0 Å². The van der Waals surface area contributed by atoms with E-state index in [1.54, 1.807) is 0 Å². The van der Waals surface area contributed by atoms with E-state index in [0.717, 1.165) is 6.42 Å². The molecule has 2 aromatic carbocycles. The highest BCUT2D eigenvalue weighted by atomic mass is 14.3. The van der Waals surface area contributed by atoms with Gasteiger partial charge in [0.05, 0.1) is 0 Å². The van der Waals surface area contributed by atoms with E-state index in [1.807, 2.05) is 12.2 Å². The smallest absolute Gasteiger partial charge is 0.000729 e. The zero-order chi connectivity index (χ0) is 12.7. The maximum absolute atomic E-state index is 3.97. The highest BCUT2D eigenvalue weighted by molar-refractivity contribution is 5.84. The van der Waals surface area contributed by atoms with Crippen molar-refractivity contribution in [3.05, 3.63) is 71.3 Å². The van der Waals surface area contributed by atoms with Gasteiger partial charge in [0.15, 0.2) is 0 Å². The minimum Gasteiger partial charge on any atom is -0.0984 e. The highest BCUT2D eigenvalue weighted by Crippen LogP contribution is 2.41. The summed E-state index contributed by atoms with van der Waals surface area (Å²) in [6.07, 6.45) is 4.92. The first-order valence-corrected chi connectivity index (χ1v) is 6.26. The summed E-state index contributed by atoms with van der Waals surface area (Å²) in [6.45, 7) is 10.0. The molecule has 0 fully saturated rings. The molecule has 0 nitrogen and oxygen atoms in total. The number of rotatable bonds is 2. The number of hydrogen-bond donors (Lipinski definition) is 0. The van der Waals surface area contributed by atoms with Gasteiger partial charge in [-0.15, -0.1) is 0 Å². The van der Waals surface area contributed by atoms with Crippen molar-refractivity contribution in [2.24, 2.45) is 0 Å². The Labute approximate surface area is 108 Å². The zero-order valence-electron chi connectivity index (χ0n) is 10.7.